The van der Waals surface area contributed by atoms with Crippen LogP contribution in [-0.4, -0.2) is 19.2 Å². The SMILES string of the molecule is COC(=O)NC(C(C)C)C(C)(C)C.S. The van der Waals surface area contributed by atoms with Gasteiger partial charge in [-0.15, -0.1) is 0 Å². The van der Waals surface area contributed by atoms with Crippen molar-refractivity contribution in [3.05, 3.63) is 0 Å². The smallest absolute Gasteiger partial charge is 0.407 e. The third-order valence-electron chi connectivity index (χ3n) is 2.06. The summed E-state index contributed by atoms with van der Waals surface area (Å²) in [6, 6.07) is 0.139. The summed E-state index contributed by atoms with van der Waals surface area (Å²) in [6.07, 6.45) is -0.353. The van der Waals surface area contributed by atoms with E-state index in [4.69, 9.17) is 0 Å². The van der Waals surface area contributed by atoms with E-state index in [0.29, 0.717) is 5.92 Å². The Bertz CT molecular complexity index is 175. The van der Waals surface area contributed by atoms with Crippen molar-refractivity contribution in [1.82, 2.24) is 5.32 Å². The Morgan fingerprint density at radius 3 is 1.93 bits per heavy atom. The van der Waals surface area contributed by atoms with Gasteiger partial charge in [0, 0.05) is 6.04 Å². The number of nitrogens with one attached hydrogen (secondary N) is 1. The molecule has 0 aromatic rings. The number of carbonyl (C=O) groups excluding carboxylic acids is 1. The second kappa shape index (κ2) is 6.17. The third-order valence-corrected chi connectivity index (χ3v) is 2.06. The molecule has 0 aliphatic heterocycles. The largest absolute Gasteiger partial charge is 0.453 e. The van der Waals surface area contributed by atoms with Gasteiger partial charge in [0.25, 0.3) is 0 Å². The zero-order valence-electron chi connectivity index (χ0n) is 9.97. The molecule has 1 atom stereocenters. The molecule has 0 heterocycles. The van der Waals surface area contributed by atoms with Crippen LogP contribution in [0.15, 0.2) is 0 Å². The normalized spacial score (nSPS) is 13.1. The van der Waals surface area contributed by atoms with Crippen molar-refractivity contribution in [2.24, 2.45) is 11.3 Å². The zero-order chi connectivity index (χ0) is 10.6. The highest BCUT2D eigenvalue weighted by Crippen LogP contribution is 2.24. The van der Waals surface area contributed by atoms with Gasteiger partial charge in [-0.25, -0.2) is 4.79 Å². The standard InChI is InChI=1S/C10H21NO2.H2S/c1-7(2)8(10(3,4)5)11-9(12)13-6;/h7-8H,1-6H3,(H,11,12);1H2. The lowest BCUT2D eigenvalue weighted by atomic mass is 9.80. The first-order chi connectivity index (χ1) is 5.79. The van der Waals surface area contributed by atoms with E-state index < -0.39 is 0 Å². The summed E-state index contributed by atoms with van der Waals surface area (Å²) in [7, 11) is 1.38. The van der Waals surface area contributed by atoms with Gasteiger partial charge in [-0.3, -0.25) is 0 Å². The second-order valence-corrected chi connectivity index (χ2v) is 4.72. The van der Waals surface area contributed by atoms with Gasteiger partial charge in [-0.05, 0) is 11.3 Å². The minimum Gasteiger partial charge on any atom is -0.453 e. The molecule has 0 saturated carbocycles. The topological polar surface area (TPSA) is 38.3 Å². The van der Waals surface area contributed by atoms with Crippen LogP contribution >= 0.6 is 13.5 Å². The fourth-order valence-corrected chi connectivity index (χ4v) is 1.57. The van der Waals surface area contributed by atoms with Gasteiger partial charge in [-0.1, -0.05) is 34.6 Å². The van der Waals surface area contributed by atoms with E-state index in [1.54, 1.807) is 0 Å². The number of alkyl carbamates (subject to hydrolysis) is 1. The number of methoxy groups -OCH3 is 1. The zero-order valence-corrected chi connectivity index (χ0v) is 11.0. The molecule has 0 bridgehead atoms. The summed E-state index contributed by atoms with van der Waals surface area (Å²) in [5.41, 5.74) is 0.0579. The molecule has 4 heteroatoms. The van der Waals surface area contributed by atoms with Crippen LogP contribution in [0.1, 0.15) is 34.6 Å². The Labute approximate surface area is 94.0 Å². The van der Waals surface area contributed by atoms with Gasteiger partial charge in [0.1, 0.15) is 0 Å². The molecule has 0 radical (unpaired) electrons. The molecule has 0 aliphatic rings. The molecule has 0 aliphatic carbocycles. The number of amides is 1. The molecule has 0 saturated heterocycles. The Morgan fingerprint density at radius 1 is 1.29 bits per heavy atom. The van der Waals surface area contributed by atoms with Crippen LogP contribution in [0.5, 0.6) is 0 Å². The molecule has 3 nitrogen and oxygen atoms in total. The van der Waals surface area contributed by atoms with Crippen molar-refractivity contribution < 1.29 is 9.53 Å². The minimum atomic E-state index is -0.353. The van der Waals surface area contributed by atoms with Gasteiger partial charge < -0.3 is 10.1 Å². The first-order valence-corrected chi connectivity index (χ1v) is 4.63. The molecule has 1 N–H and O–H groups in total. The molecule has 0 spiro atoms. The van der Waals surface area contributed by atoms with Gasteiger partial charge in [-0.2, -0.15) is 13.5 Å². The maximum atomic E-state index is 11.0. The summed E-state index contributed by atoms with van der Waals surface area (Å²) >= 11 is 0. The van der Waals surface area contributed by atoms with Crippen LogP contribution < -0.4 is 5.32 Å². The number of hydrogen-bond acceptors (Lipinski definition) is 2. The summed E-state index contributed by atoms with van der Waals surface area (Å²) < 4.78 is 4.58. The third kappa shape index (κ3) is 5.37. The van der Waals surface area contributed by atoms with Gasteiger partial charge in [0.05, 0.1) is 7.11 Å². The molecule has 14 heavy (non-hydrogen) atoms. The molecular weight excluding hydrogens is 198 g/mol. The molecule has 0 aromatic heterocycles. The van der Waals surface area contributed by atoms with E-state index in [1.807, 2.05) is 0 Å². The minimum absolute atomic E-state index is 0. The van der Waals surface area contributed by atoms with Crippen LogP contribution in [0.4, 0.5) is 4.79 Å². The molecule has 0 aromatic carbocycles. The van der Waals surface area contributed by atoms with E-state index in [2.05, 4.69) is 44.7 Å². The molecule has 1 amide bonds. The van der Waals surface area contributed by atoms with Crippen LogP contribution in [0.2, 0.25) is 0 Å². The van der Waals surface area contributed by atoms with E-state index >= 15 is 0 Å². The van der Waals surface area contributed by atoms with E-state index in [9.17, 15) is 4.79 Å². The lowest BCUT2D eigenvalue weighted by Gasteiger charge is -2.34. The highest BCUT2D eigenvalue weighted by atomic mass is 32.1. The number of rotatable bonds is 2. The van der Waals surface area contributed by atoms with Crippen molar-refractivity contribution in [3.63, 3.8) is 0 Å². The van der Waals surface area contributed by atoms with Crippen LogP contribution in [0.25, 0.3) is 0 Å². The lowest BCUT2D eigenvalue weighted by molar-refractivity contribution is 0.142. The fourth-order valence-electron chi connectivity index (χ4n) is 1.57. The molecule has 1 unspecified atom stereocenters. The molecule has 0 fully saturated rings. The van der Waals surface area contributed by atoms with Gasteiger partial charge in [0.15, 0.2) is 0 Å². The number of carbonyl (C=O) groups is 1. The number of ether oxygens (including phenoxy) is 1. The quantitative estimate of drug-likeness (QED) is 0.778. The Hall–Kier alpha value is -0.380. The van der Waals surface area contributed by atoms with E-state index in [-0.39, 0.29) is 31.0 Å². The van der Waals surface area contributed by atoms with Crippen molar-refractivity contribution in [2.75, 3.05) is 7.11 Å². The highest BCUT2D eigenvalue weighted by Gasteiger charge is 2.28. The van der Waals surface area contributed by atoms with Crippen molar-refractivity contribution in [3.8, 4) is 0 Å². The predicted octanol–water partition coefficient (Wildman–Crippen LogP) is 2.53. The van der Waals surface area contributed by atoms with E-state index in [1.165, 1.54) is 7.11 Å². The predicted molar refractivity (Wildman–Crippen MR) is 64.0 cm³/mol. The van der Waals surface area contributed by atoms with Gasteiger partial charge >= 0.3 is 6.09 Å². The summed E-state index contributed by atoms with van der Waals surface area (Å²) in [5, 5.41) is 2.84. The van der Waals surface area contributed by atoms with Crippen LogP contribution in [0, 0.1) is 11.3 Å². The van der Waals surface area contributed by atoms with Crippen molar-refractivity contribution in [2.45, 2.75) is 40.7 Å². The average molecular weight is 221 g/mol. The Morgan fingerprint density at radius 2 is 1.71 bits per heavy atom. The van der Waals surface area contributed by atoms with Crippen molar-refractivity contribution >= 4 is 19.6 Å². The second-order valence-electron chi connectivity index (χ2n) is 4.72. The molecule has 0 rings (SSSR count). The fraction of sp³-hybridized carbons (Fsp3) is 0.900. The monoisotopic (exact) mass is 221 g/mol. The van der Waals surface area contributed by atoms with E-state index in [0.717, 1.165) is 0 Å². The first kappa shape index (κ1) is 16.1. The number of hydrogen-bond donors (Lipinski definition) is 1. The Kier molecular flexibility index (Phi) is 7.08. The lowest BCUT2D eigenvalue weighted by Crippen LogP contribution is -2.47. The molecule has 86 valence electrons. The maximum absolute atomic E-state index is 11.0. The highest BCUT2D eigenvalue weighted by molar-refractivity contribution is 7.59. The molecular formula is C10H23NO2S. The average Bonchev–Trinajstić information content (AvgIpc) is 1.96. The van der Waals surface area contributed by atoms with Crippen LogP contribution in [-0.2, 0) is 4.74 Å². The maximum Gasteiger partial charge on any atom is 0.407 e. The van der Waals surface area contributed by atoms with Crippen molar-refractivity contribution in [1.29, 1.82) is 0 Å². The van der Waals surface area contributed by atoms with Crippen LogP contribution in [0.3, 0.4) is 0 Å². The van der Waals surface area contributed by atoms with Gasteiger partial charge in [0.2, 0.25) is 0 Å². The summed E-state index contributed by atoms with van der Waals surface area (Å²) in [6.45, 7) is 10.5. The Balaban J connectivity index is 0. The summed E-state index contributed by atoms with van der Waals surface area (Å²) in [4.78, 5) is 11.0. The first-order valence-electron chi connectivity index (χ1n) is 4.63. The summed E-state index contributed by atoms with van der Waals surface area (Å²) in [5.74, 6) is 0.402.